The fraction of sp³-hybridized carbons (Fsp3) is 0.471. The topological polar surface area (TPSA) is 71.6 Å². The number of piperidine rings is 1. The Labute approximate surface area is 139 Å². The van der Waals surface area contributed by atoms with E-state index in [0.29, 0.717) is 25.1 Å². The highest BCUT2D eigenvalue weighted by molar-refractivity contribution is 5.96. The number of aromatic nitrogens is 2. The molecule has 0 unspecified atom stereocenters. The maximum absolute atomic E-state index is 12.8. The quantitative estimate of drug-likeness (QED) is 0.842. The van der Waals surface area contributed by atoms with Crippen molar-refractivity contribution in [2.45, 2.75) is 38.3 Å². The lowest BCUT2D eigenvalue weighted by Gasteiger charge is -2.38. The van der Waals surface area contributed by atoms with Crippen LogP contribution in [0.1, 0.15) is 35.6 Å². The second kappa shape index (κ2) is 5.51. The summed E-state index contributed by atoms with van der Waals surface area (Å²) in [5.41, 5.74) is 0.806. The van der Waals surface area contributed by atoms with E-state index in [1.165, 1.54) is 0 Å². The summed E-state index contributed by atoms with van der Waals surface area (Å²) < 4.78 is 7.18. The van der Waals surface area contributed by atoms with Crippen molar-refractivity contribution in [2.24, 2.45) is 7.05 Å². The zero-order chi connectivity index (χ0) is 16.8. The van der Waals surface area contributed by atoms with Crippen molar-refractivity contribution >= 4 is 17.5 Å². The molecule has 0 saturated carbocycles. The fourth-order valence-corrected chi connectivity index (χ4v) is 3.87. The Morgan fingerprint density at radius 1 is 1.29 bits per heavy atom. The van der Waals surface area contributed by atoms with Crippen LogP contribution in [0.2, 0.25) is 0 Å². The van der Waals surface area contributed by atoms with Crippen LogP contribution < -0.4 is 4.90 Å². The zero-order valence-electron chi connectivity index (χ0n) is 13.8. The molecule has 0 N–H and O–H groups in total. The van der Waals surface area contributed by atoms with Gasteiger partial charge in [-0.1, -0.05) is 0 Å². The van der Waals surface area contributed by atoms with Gasteiger partial charge in [0.25, 0.3) is 5.91 Å². The number of rotatable bonds is 2. The van der Waals surface area contributed by atoms with E-state index < -0.39 is 0 Å². The predicted octanol–water partition coefficient (Wildman–Crippen LogP) is 1.73. The van der Waals surface area contributed by atoms with Crippen molar-refractivity contribution in [3.05, 3.63) is 36.0 Å². The van der Waals surface area contributed by atoms with Crippen LogP contribution in [-0.2, 0) is 11.8 Å². The largest absolute Gasteiger partial charge is 0.456 e. The molecule has 7 nitrogen and oxygen atoms in total. The minimum atomic E-state index is -0.0870. The number of hydrogen-bond acceptors (Lipinski definition) is 4. The van der Waals surface area contributed by atoms with E-state index in [9.17, 15) is 9.59 Å². The van der Waals surface area contributed by atoms with Crippen LogP contribution in [0.25, 0.3) is 0 Å². The molecule has 4 heterocycles. The smallest absolute Gasteiger partial charge is 0.289 e. The molecule has 2 saturated heterocycles. The molecule has 0 spiro atoms. The van der Waals surface area contributed by atoms with Gasteiger partial charge in [0.2, 0.25) is 5.91 Å². The number of amides is 2. The van der Waals surface area contributed by atoms with Crippen molar-refractivity contribution in [3.8, 4) is 0 Å². The molecule has 4 rings (SSSR count). The summed E-state index contributed by atoms with van der Waals surface area (Å²) >= 11 is 0. The number of carbonyl (C=O) groups is 2. The van der Waals surface area contributed by atoms with Gasteiger partial charge < -0.3 is 14.2 Å². The minimum absolute atomic E-state index is 0.00968. The van der Waals surface area contributed by atoms with Gasteiger partial charge in [-0.25, -0.2) is 0 Å². The summed E-state index contributed by atoms with van der Waals surface area (Å²) in [5.74, 6) is 1.12. The zero-order valence-corrected chi connectivity index (χ0v) is 13.8. The first-order valence-electron chi connectivity index (χ1n) is 8.22. The Morgan fingerprint density at radius 2 is 2.12 bits per heavy atom. The lowest BCUT2D eigenvalue weighted by Crippen LogP contribution is -2.53. The van der Waals surface area contributed by atoms with E-state index in [-0.39, 0.29) is 23.9 Å². The number of hydrogen-bond donors (Lipinski definition) is 0. The van der Waals surface area contributed by atoms with Gasteiger partial charge in [0, 0.05) is 26.2 Å². The minimum Gasteiger partial charge on any atom is -0.456 e. The second-order valence-corrected chi connectivity index (χ2v) is 6.51. The van der Waals surface area contributed by atoms with Gasteiger partial charge in [-0.3, -0.25) is 14.3 Å². The Balaban J connectivity index is 1.60. The van der Waals surface area contributed by atoms with Gasteiger partial charge in [0.05, 0.1) is 24.0 Å². The van der Waals surface area contributed by atoms with Crippen LogP contribution in [0.5, 0.6) is 0 Å². The lowest BCUT2D eigenvalue weighted by atomic mass is 9.96. The van der Waals surface area contributed by atoms with Crippen LogP contribution in [0.3, 0.4) is 0 Å². The highest BCUT2D eigenvalue weighted by atomic mass is 16.3. The first kappa shape index (κ1) is 15.0. The third kappa shape index (κ3) is 2.31. The van der Waals surface area contributed by atoms with Gasteiger partial charge in [0.1, 0.15) is 5.76 Å². The summed E-state index contributed by atoms with van der Waals surface area (Å²) in [4.78, 5) is 28.9. The molecule has 0 bridgehead atoms. The number of likely N-dealkylation sites (tertiary alicyclic amines) is 1. The van der Waals surface area contributed by atoms with E-state index in [1.807, 2.05) is 30.0 Å². The Bertz CT molecular complexity index is 793. The van der Waals surface area contributed by atoms with Gasteiger partial charge in [-0.15, -0.1) is 0 Å². The monoisotopic (exact) mass is 328 g/mol. The van der Waals surface area contributed by atoms with Gasteiger partial charge in [-0.2, -0.15) is 5.10 Å². The normalized spacial score (nSPS) is 23.7. The van der Waals surface area contributed by atoms with Crippen molar-refractivity contribution in [2.75, 3.05) is 11.4 Å². The van der Waals surface area contributed by atoms with Crippen LogP contribution in [0.15, 0.2) is 28.9 Å². The third-order valence-electron chi connectivity index (χ3n) is 4.95. The number of furan rings is 1. The van der Waals surface area contributed by atoms with Crippen molar-refractivity contribution in [1.29, 1.82) is 0 Å². The van der Waals surface area contributed by atoms with E-state index >= 15 is 0 Å². The first-order valence-corrected chi connectivity index (χ1v) is 8.22. The first-order chi connectivity index (χ1) is 11.5. The molecule has 7 heteroatoms. The molecule has 2 aliphatic heterocycles. The fourth-order valence-electron chi connectivity index (χ4n) is 3.87. The number of fused-ring (bicyclic) bond motifs is 1. The molecule has 2 atom stereocenters. The molecule has 2 amide bonds. The molecule has 0 aromatic carbocycles. The third-order valence-corrected chi connectivity index (χ3v) is 4.95. The summed E-state index contributed by atoms with van der Waals surface area (Å²) in [6.07, 6.45) is 5.47. The molecular formula is C17H20N4O3. The van der Waals surface area contributed by atoms with Crippen molar-refractivity contribution in [3.63, 3.8) is 0 Å². The molecule has 126 valence electrons. The molecule has 2 aromatic rings. The average molecular weight is 328 g/mol. The molecule has 0 aliphatic carbocycles. The maximum atomic E-state index is 12.8. The van der Waals surface area contributed by atoms with Crippen LogP contribution in [0.4, 0.5) is 5.69 Å². The van der Waals surface area contributed by atoms with Crippen molar-refractivity contribution < 1.29 is 14.0 Å². The van der Waals surface area contributed by atoms with Crippen LogP contribution in [-0.4, -0.2) is 45.1 Å². The highest BCUT2D eigenvalue weighted by Crippen LogP contribution is 2.35. The van der Waals surface area contributed by atoms with Gasteiger partial charge in [0.15, 0.2) is 5.76 Å². The van der Waals surface area contributed by atoms with E-state index in [0.717, 1.165) is 17.9 Å². The molecule has 2 aromatic heterocycles. The maximum Gasteiger partial charge on any atom is 0.289 e. The molecule has 0 radical (unpaired) electrons. The summed E-state index contributed by atoms with van der Waals surface area (Å²) in [6.45, 7) is 2.46. The van der Waals surface area contributed by atoms with Crippen molar-refractivity contribution in [1.82, 2.24) is 14.7 Å². The van der Waals surface area contributed by atoms with Gasteiger partial charge >= 0.3 is 0 Å². The number of carbonyl (C=O) groups excluding carboxylic acids is 2. The summed E-state index contributed by atoms with van der Waals surface area (Å²) in [6, 6.07) is 3.56. The number of aryl methyl sites for hydroxylation is 2. The number of nitrogens with zero attached hydrogens (tertiary/aromatic N) is 4. The Kier molecular flexibility index (Phi) is 3.44. The second-order valence-electron chi connectivity index (χ2n) is 6.51. The highest BCUT2D eigenvalue weighted by Gasteiger charge is 2.46. The van der Waals surface area contributed by atoms with Crippen LogP contribution >= 0.6 is 0 Å². The van der Waals surface area contributed by atoms with Gasteiger partial charge in [-0.05, 0) is 31.9 Å². The molecule has 2 aliphatic rings. The lowest BCUT2D eigenvalue weighted by molar-refractivity contribution is -0.120. The molecular weight excluding hydrogens is 308 g/mol. The standard InChI is InChI=1S/C17H20N4O3/c1-11-3-5-15(24-11)17(23)20-8-7-14-13(20)4-6-16(22)21(14)12-9-18-19(2)10-12/h3,5,9-10,13-14H,4,6-8H2,1-2H3/t13-,14-/m0/s1. The Hall–Kier alpha value is -2.57. The van der Waals surface area contributed by atoms with E-state index in [1.54, 1.807) is 23.0 Å². The molecule has 24 heavy (non-hydrogen) atoms. The Morgan fingerprint density at radius 3 is 2.79 bits per heavy atom. The summed E-state index contributed by atoms with van der Waals surface area (Å²) in [7, 11) is 1.83. The van der Waals surface area contributed by atoms with E-state index in [2.05, 4.69) is 5.10 Å². The van der Waals surface area contributed by atoms with E-state index in [4.69, 9.17) is 4.42 Å². The summed E-state index contributed by atoms with van der Waals surface area (Å²) in [5, 5.41) is 4.17. The predicted molar refractivity (Wildman–Crippen MR) is 86.6 cm³/mol. The number of anilines is 1. The SMILES string of the molecule is Cc1ccc(C(=O)N2CC[C@H]3[C@@H]2CCC(=O)N3c2cnn(C)c2)o1. The molecule has 2 fully saturated rings. The average Bonchev–Trinajstić information content (AvgIpc) is 3.26. The van der Waals surface area contributed by atoms with Crippen LogP contribution in [0, 0.1) is 6.92 Å².